The maximum Gasteiger partial charge on any atom is 0.327 e. The molecule has 0 spiro atoms. The molecule has 0 radical (unpaired) electrons. The molecule has 4 nitrogen and oxygen atoms in total. The molecule has 1 rings (SSSR count). The summed E-state index contributed by atoms with van der Waals surface area (Å²) in [5, 5.41) is 3.30. The van der Waals surface area contributed by atoms with Gasteiger partial charge in [-0.05, 0) is 37.2 Å². The van der Waals surface area contributed by atoms with Gasteiger partial charge in [0.15, 0.2) is 0 Å². The number of carbonyl (C=O) groups is 1. The van der Waals surface area contributed by atoms with Gasteiger partial charge in [0.05, 0.1) is 7.11 Å². The minimum atomic E-state index is -0.428. The highest BCUT2D eigenvalue weighted by molar-refractivity contribution is 9.10. The lowest BCUT2D eigenvalue weighted by molar-refractivity contribution is -0.143. The molecule has 1 aromatic carbocycles. The van der Waals surface area contributed by atoms with Crippen molar-refractivity contribution in [1.29, 1.82) is 0 Å². The Balaban J connectivity index is 2.76. The van der Waals surface area contributed by atoms with E-state index in [1.165, 1.54) is 7.11 Å². The zero-order valence-electron chi connectivity index (χ0n) is 13.3. The Morgan fingerprint density at radius 3 is 2.57 bits per heavy atom. The molecule has 0 fully saturated rings. The monoisotopic (exact) mass is 356 g/mol. The highest BCUT2D eigenvalue weighted by Crippen LogP contribution is 2.22. The second-order valence-electron chi connectivity index (χ2n) is 4.95. The summed E-state index contributed by atoms with van der Waals surface area (Å²) in [5.74, 6) is -0.259. The van der Waals surface area contributed by atoms with Crippen LogP contribution in [0.3, 0.4) is 0 Å². The number of rotatable bonds is 8. The fourth-order valence-electron chi connectivity index (χ4n) is 2.15. The van der Waals surface area contributed by atoms with Crippen LogP contribution in [0.2, 0.25) is 0 Å². The highest BCUT2D eigenvalue weighted by Gasteiger charge is 2.21. The number of methoxy groups -OCH3 is 1. The molecule has 0 aromatic heterocycles. The second-order valence-corrected chi connectivity index (χ2v) is 5.80. The van der Waals surface area contributed by atoms with Gasteiger partial charge in [-0.1, -0.05) is 41.9 Å². The van der Waals surface area contributed by atoms with Crippen LogP contribution < -0.4 is 5.32 Å². The van der Waals surface area contributed by atoms with Crippen molar-refractivity contribution in [1.82, 2.24) is 10.2 Å². The molecule has 1 unspecified atom stereocenters. The third-order valence-electron chi connectivity index (χ3n) is 3.64. The highest BCUT2D eigenvalue weighted by atomic mass is 79.9. The number of esters is 1. The minimum absolute atomic E-state index is 0.259. The van der Waals surface area contributed by atoms with Gasteiger partial charge in [0.25, 0.3) is 0 Å². The van der Waals surface area contributed by atoms with E-state index in [0.717, 1.165) is 41.8 Å². The summed E-state index contributed by atoms with van der Waals surface area (Å²) in [7, 11) is 1.42. The predicted octanol–water partition coefficient (Wildman–Crippen LogP) is 2.90. The summed E-state index contributed by atoms with van der Waals surface area (Å²) < 4.78 is 5.92. The number of likely N-dealkylation sites (N-methyl/N-ethyl adjacent to an activating group) is 1. The van der Waals surface area contributed by atoms with E-state index in [1.54, 1.807) is 0 Å². The van der Waals surface area contributed by atoms with E-state index in [1.807, 2.05) is 25.1 Å². The van der Waals surface area contributed by atoms with E-state index < -0.39 is 6.04 Å². The first kappa shape index (κ1) is 18.1. The Hall–Kier alpha value is -0.910. The van der Waals surface area contributed by atoms with Crippen LogP contribution in [0.15, 0.2) is 22.7 Å². The zero-order valence-corrected chi connectivity index (χ0v) is 14.9. The quantitative estimate of drug-likeness (QED) is 0.727. The average molecular weight is 357 g/mol. The summed E-state index contributed by atoms with van der Waals surface area (Å²) in [6.45, 7) is 9.97. The van der Waals surface area contributed by atoms with Crippen LogP contribution in [0, 0.1) is 6.92 Å². The lowest BCUT2D eigenvalue weighted by Gasteiger charge is -2.21. The standard InChI is InChI=1S/C16H25BrN2O2/c1-5-19(6-2)10-9-18-15(16(20)21-4)13-8-7-12(3)14(17)11-13/h7-8,11,15,18H,5-6,9-10H2,1-4H3. The van der Waals surface area contributed by atoms with E-state index in [-0.39, 0.29) is 5.97 Å². The Morgan fingerprint density at radius 2 is 2.05 bits per heavy atom. The molecule has 1 atom stereocenters. The number of benzene rings is 1. The van der Waals surface area contributed by atoms with Crippen LogP contribution in [-0.4, -0.2) is 44.2 Å². The van der Waals surface area contributed by atoms with Gasteiger partial charge in [-0.2, -0.15) is 0 Å². The minimum Gasteiger partial charge on any atom is -0.468 e. The molecule has 118 valence electrons. The molecule has 0 aliphatic heterocycles. The van der Waals surface area contributed by atoms with Gasteiger partial charge >= 0.3 is 5.97 Å². The normalized spacial score (nSPS) is 12.5. The summed E-state index contributed by atoms with van der Waals surface area (Å²) in [6.07, 6.45) is 0. The lowest BCUT2D eigenvalue weighted by atomic mass is 10.1. The molecule has 1 aromatic rings. The van der Waals surface area contributed by atoms with Crippen LogP contribution in [0.25, 0.3) is 0 Å². The van der Waals surface area contributed by atoms with Crippen molar-refractivity contribution in [3.05, 3.63) is 33.8 Å². The van der Waals surface area contributed by atoms with Crippen molar-refractivity contribution < 1.29 is 9.53 Å². The van der Waals surface area contributed by atoms with Crippen LogP contribution in [0.5, 0.6) is 0 Å². The van der Waals surface area contributed by atoms with Crippen LogP contribution in [0.4, 0.5) is 0 Å². The van der Waals surface area contributed by atoms with E-state index in [4.69, 9.17) is 4.74 Å². The predicted molar refractivity (Wildman–Crippen MR) is 89.4 cm³/mol. The molecule has 0 amide bonds. The topological polar surface area (TPSA) is 41.6 Å². The first-order valence-electron chi connectivity index (χ1n) is 7.33. The van der Waals surface area contributed by atoms with Crippen LogP contribution in [-0.2, 0) is 9.53 Å². The molecule has 0 saturated carbocycles. The van der Waals surface area contributed by atoms with Gasteiger partial charge in [0.2, 0.25) is 0 Å². The molecule has 5 heteroatoms. The van der Waals surface area contributed by atoms with Gasteiger partial charge in [0.1, 0.15) is 6.04 Å². The fraction of sp³-hybridized carbons (Fsp3) is 0.562. The molecule has 0 saturated heterocycles. The Morgan fingerprint density at radius 1 is 1.38 bits per heavy atom. The third kappa shape index (κ3) is 5.41. The van der Waals surface area contributed by atoms with Crippen molar-refractivity contribution in [2.24, 2.45) is 0 Å². The number of ether oxygens (including phenoxy) is 1. The second kappa shape index (κ2) is 9.18. The maximum atomic E-state index is 12.0. The van der Waals surface area contributed by atoms with Crippen molar-refractivity contribution in [2.45, 2.75) is 26.8 Å². The van der Waals surface area contributed by atoms with Gasteiger partial charge < -0.3 is 9.64 Å². The van der Waals surface area contributed by atoms with E-state index in [2.05, 4.69) is 40.0 Å². The lowest BCUT2D eigenvalue weighted by Crippen LogP contribution is -2.36. The van der Waals surface area contributed by atoms with E-state index in [9.17, 15) is 4.79 Å². The van der Waals surface area contributed by atoms with Crippen LogP contribution >= 0.6 is 15.9 Å². The van der Waals surface area contributed by atoms with Gasteiger partial charge in [-0.3, -0.25) is 5.32 Å². The molecule has 0 heterocycles. The van der Waals surface area contributed by atoms with Crippen molar-refractivity contribution in [3.8, 4) is 0 Å². The van der Waals surface area contributed by atoms with Crippen molar-refractivity contribution >= 4 is 21.9 Å². The Bertz CT molecular complexity index is 462. The summed E-state index contributed by atoms with van der Waals surface area (Å²) in [5.41, 5.74) is 2.06. The molecule has 0 aliphatic carbocycles. The SMILES string of the molecule is CCN(CC)CCNC(C(=O)OC)c1ccc(C)c(Br)c1. The number of aryl methyl sites for hydroxylation is 1. The Kier molecular flexibility index (Phi) is 7.93. The zero-order chi connectivity index (χ0) is 15.8. The largest absolute Gasteiger partial charge is 0.468 e. The first-order chi connectivity index (χ1) is 10.0. The number of hydrogen-bond donors (Lipinski definition) is 1. The van der Waals surface area contributed by atoms with E-state index in [0.29, 0.717) is 0 Å². The van der Waals surface area contributed by atoms with Crippen LogP contribution in [0.1, 0.15) is 31.0 Å². The number of carbonyl (C=O) groups excluding carboxylic acids is 1. The Labute approximate surface area is 136 Å². The van der Waals surface area contributed by atoms with Gasteiger partial charge in [0, 0.05) is 17.6 Å². The van der Waals surface area contributed by atoms with E-state index >= 15 is 0 Å². The average Bonchev–Trinajstić information content (AvgIpc) is 2.50. The van der Waals surface area contributed by atoms with Gasteiger partial charge in [-0.15, -0.1) is 0 Å². The summed E-state index contributed by atoms with van der Waals surface area (Å²) >= 11 is 3.51. The molecule has 0 bridgehead atoms. The number of hydrogen-bond acceptors (Lipinski definition) is 4. The maximum absolute atomic E-state index is 12.0. The smallest absolute Gasteiger partial charge is 0.327 e. The molecule has 0 aliphatic rings. The first-order valence-corrected chi connectivity index (χ1v) is 8.12. The third-order valence-corrected chi connectivity index (χ3v) is 4.49. The van der Waals surface area contributed by atoms with Crippen molar-refractivity contribution in [3.63, 3.8) is 0 Å². The number of nitrogens with zero attached hydrogens (tertiary/aromatic N) is 1. The number of nitrogens with one attached hydrogen (secondary N) is 1. The molecular weight excluding hydrogens is 332 g/mol. The summed E-state index contributed by atoms with van der Waals surface area (Å²) in [6, 6.07) is 5.51. The number of halogens is 1. The molecule has 1 N–H and O–H groups in total. The molecule has 21 heavy (non-hydrogen) atoms. The van der Waals surface area contributed by atoms with Gasteiger partial charge in [-0.25, -0.2) is 4.79 Å². The molecular formula is C16H25BrN2O2. The van der Waals surface area contributed by atoms with Crippen molar-refractivity contribution in [2.75, 3.05) is 33.3 Å². The summed E-state index contributed by atoms with van der Waals surface area (Å²) in [4.78, 5) is 14.3. The fourth-order valence-corrected chi connectivity index (χ4v) is 2.55.